The van der Waals surface area contributed by atoms with E-state index < -0.39 is 15.9 Å². The monoisotopic (exact) mass is 272 g/mol. The fraction of sp³-hybridized carbons (Fsp3) is 0.818. The molecule has 2 aliphatic heterocycles. The number of nitrogens with one attached hydrogen (secondary N) is 1. The molecule has 0 bridgehead atoms. The molecular weight excluding hydrogens is 256 g/mol. The zero-order chi connectivity index (χ0) is 12.9. The standard InChI is InChI=1S/C11H16N2O4S/c14-9-5-13(8-3-4-18(16,17)6-8)11(15)10(12-9)7-1-2-7/h7-8,10H,1-6H2,(H,12,14). The van der Waals surface area contributed by atoms with Gasteiger partial charge in [0.25, 0.3) is 0 Å². The molecule has 1 N–H and O–H groups in total. The van der Waals surface area contributed by atoms with Gasteiger partial charge in [-0.2, -0.15) is 0 Å². The van der Waals surface area contributed by atoms with E-state index in [0.717, 1.165) is 12.8 Å². The van der Waals surface area contributed by atoms with Gasteiger partial charge in [-0.1, -0.05) is 0 Å². The number of piperazine rings is 1. The highest BCUT2D eigenvalue weighted by Crippen LogP contribution is 2.35. The molecule has 18 heavy (non-hydrogen) atoms. The van der Waals surface area contributed by atoms with E-state index >= 15 is 0 Å². The van der Waals surface area contributed by atoms with Gasteiger partial charge in [0.15, 0.2) is 9.84 Å². The van der Waals surface area contributed by atoms with E-state index in [-0.39, 0.29) is 41.8 Å². The van der Waals surface area contributed by atoms with Gasteiger partial charge in [-0.3, -0.25) is 9.59 Å². The van der Waals surface area contributed by atoms with E-state index in [4.69, 9.17) is 0 Å². The average Bonchev–Trinajstić information content (AvgIpc) is 3.06. The second kappa shape index (κ2) is 3.94. The molecule has 2 amide bonds. The molecule has 2 atom stereocenters. The number of carbonyl (C=O) groups is 2. The van der Waals surface area contributed by atoms with Crippen LogP contribution in [0.1, 0.15) is 19.3 Å². The van der Waals surface area contributed by atoms with Crippen molar-refractivity contribution in [3.63, 3.8) is 0 Å². The van der Waals surface area contributed by atoms with Crippen molar-refractivity contribution in [1.29, 1.82) is 0 Å². The summed E-state index contributed by atoms with van der Waals surface area (Å²) in [4.78, 5) is 25.4. The number of sulfone groups is 1. The average molecular weight is 272 g/mol. The van der Waals surface area contributed by atoms with Gasteiger partial charge in [0.2, 0.25) is 11.8 Å². The SMILES string of the molecule is O=C1CN(C2CCS(=O)(=O)C2)C(=O)C(C2CC2)N1. The molecule has 1 saturated carbocycles. The summed E-state index contributed by atoms with van der Waals surface area (Å²) in [6.07, 6.45) is 2.39. The summed E-state index contributed by atoms with van der Waals surface area (Å²) in [5, 5.41) is 2.72. The van der Waals surface area contributed by atoms with E-state index in [1.807, 2.05) is 0 Å². The predicted octanol–water partition coefficient (Wildman–Crippen LogP) is -1.09. The van der Waals surface area contributed by atoms with Crippen molar-refractivity contribution in [1.82, 2.24) is 10.2 Å². The topological polar surface area (TPSA) is 83.6 Å². The van der Waals surface area contributed by atoms with Crippen molar-refractivity contribution in [2.24, 2.45) is 5.92 Å². The van der Waals surface area contributed by atoms with Crippen LogP contribution in [0.3, 0.4) is 0 Å². The fourth-order valence-corrected chi connectivity index (χ4v) is 4.50. The summed E-state index contributed by atoms with van der Waals surface area (Å²) >= 11 is 0. The van der Waals surface area contributed by atoms with Gasteiger partial charge in [-0.25, -0.2) is 8.42 Å². The number of hydrogen-bond donors (Lipinski definition) is 1. The van der Waals surface area contributed by atoms with Crippen molar-refractivity contribution in [3.05, 3.63) is 0 Å². The maximum Gasteiger partial charge on any atom is 0.246 e. The van der Waals surface area contributed by atoms with Gasteiger partial charge in [0, 0.05) is 6.04 Å². The lowest BCUT2D eigenvalue weighted by molar-refractivity contribution is -0.146. The third kappa shape index (κ3) is 2.11. The Bertz CT molecular complexity index is 497. The van der Waals surface area contributed by atoms with Gasteiger partial charge >= 0.3 is 0 Å². The first-order valence-corrected chi connectivity index (χ1v) is 8.09. The lowest BCUT2D eigenvalue weighted by Crippen LogP contribution is -2.61. The number of amides is 2. The lowest BCUT2D eigenvalue weighted by Gasteiger charge is -2.36. The number of hydrogen-bond acceptors (Lipinski definition) is 4. The van der Waals surface area contributed by atoms with Crippen molar-refractivity contribution in [2.75, 3.05) is 18.1 Å². The van der Waals surface area contributed by atoms with Gasteiger partial charge in [0.05, 0.1) is 18.1 Å². The molecule has 0 aromatic heterocycles. The maximum atomic E-state index is 12.3. The van der Waals surface area contributed by atoms with Crippen LogP contribution in [-0.2, 0) is 19.4 Å². The summed E-state index contributed by atoms with van der Waals surface area (Å²) in [5.74, 6) is 0.109. The lowest BCUT2D eigenvalue weighted by atomic mass is 10.1. The van der Waals surface area contributed by atoms with Crippen LogP contribution in [-0.4, -0.2) is 55.3 Å². The first kappa shape index (κ1) is 12.0. The second-order valence-electron chi connectivity index (χ2n) is 5.41. The highest BCUT2D eigenvalue weighted by Gasteiger charge is 2.46. The molecule has 3 rings (SSSR count). The third-order valence-electron chi connectivity index (χ3n) is 3.92. The minimum Gasteiger partial charge on any atom is -0.342 e. The summed E-state index contributed by atoms with van der Waals surface area (Å²) in [7, 11) is -3.03. The highest BCUT2D eigenvalue weighted by atomic mass is 32.2. The zero-order valence-electron chi connectivity index (χ0n) is 9.96. The van der Waals surface area contributed by atoms with Gasteiger partial charge in [-0.15, -0.1) is 0 Å². The fourth-order valence-electron chi connectivity index (χ4n) is 2.77. The quantitative estimate of drug-likeness (QED) is 0.692. The van der Waals surface area contributed by atoms with E-state index in [1.54, 1.807) is 0 Å². The number of carbonyl (C=O) groups excluding carboxylic acids is 2. The Labute approximate surface area is 106 Å². The molecule has 7 heteroatoms. The zero-order valence-corrected chi connectivity index (χ0v) is 10.8. The Kier molecular flexibility index (Phi) is 2.62. The molecule has 100 valence electrons. The molecule has 6 nitrogen and oxygen atoms in total. The van der Waals surface area contributed by atoms with Crippen molar-refractivity contribution in [2.45, 2.75) is 31.3 Å². The molecule has 2 heterocycles. The van der Waals surface area contributed by atoms with Crippen LogP contribution in [0.15, 0.2) is 0 Å². The van der Waals surface area contributed by atoms with E-state index in [1.165, 1.54) is 4.90 Å². The van der Waals surface area contributed by atoms with Crippen molar-refractivity contribution >= 4 is 21.7 Å². The minimum absolute atomic E-state index is 0.00222. The van der Waals surface area contributed by atoms with Gasteiger partial charge in [-0.05, 0) is 25.2 Å². The smallest absolute Gasteiger partial charge is 0.246 e. The van der Waals surface area contributed by atoms with E-state index in [0.29, 0.717) is 6.42 Å². The van der Waals surface area contributed by atoms with E-state index in [2.05, 4.69) is 5.32 Å². The Hall–Kier alpha value is -1.11. The maximum absolute atomic E-state index is 12.3. The predicted molar refractivity (Wildman–Crippen MR) is 63.4 cm³/mol. The summed E-state index contributed by atoms with van der Waals surface area (Å²) in [6, 6.07) is -0.732. The summed E-state index contributed by atoms with van der Waals surface area (Å²) in [5.41, 5.74) is 0. The summed E-state index contributed by atoms with van der Waals surface area (Å²) in [6.45, 7) is 0.00222. The summed E-state index contributed by atoms with van der Waals surface area (Å²) < 4.78 is 22.9. The van der Waals surface area contributed by atoms with Crippen LogP contribution in [0, 0.1) is 5.92 Å². The Morgan fingerprint density at radius 3 is 2.44 bits per heavy atom. The van der Waals surface area contributed by atoms with E-state index in [9.17, 15) is 18.0 Å². The van der Waals surface area contributed by atoms with Gasteiger partial charge < -0.3 is 10.2 Å². The first-order chi connectivity index (χ1) is 8.46. The number of rotatable bonds is 2. The Balaban J connectivity index is 1.78. The van der Waals surface area contributed by atoms with Crippen LogP contribution in [0.25, 0.3) is 0 Å². The molecule has 2 saturated heterocycles. The Morgan fingerprint density at radius 2 is 1.89 bits per heavy atom. The molecule has 2 unspecified atom stereocenters. The largest absolute Gasteiger partial charge is 0.342 e. The number of nitrogens with zero attached hydrogens (tertiary/aromatic N) is 1. The molecule has 0 aromatic carbocycles. The van der Waals surface area contributed by atoms with Crippen LogP contribution in [0.5, 0.6) is 0 Å². The molecule has 0 radical (unpaired) electrons. The van der Waals surface area contributed by atoms with Crippen LogP contribution < -0.4 is 5.32 Å². The molecule has 3 aliphatic rings. The molecule has 1 aliphatic carbocycles. The van der Waals surface area contributed by atoms with Crippen LogP contribution in [0.2, 0.25) is 0 Å². The first-order valence-electron chi connectivity index (χ1n) is 6.26. The molecule has 3 fully saturated rings. The molecular formula is C11H16N2O4S. The van der Waals surface area contributed by atoms with Crippen molar-refractivity contribution < 1.29 is 18.0 Å². The molecule has 0 aromatic rings. The minimum atomic E-state index is -3.03. The highest BCUT2D eigenvalue weighted by molar-refractivity contribution is 7.91. The Morgan fingerprint density at radius 1 is 1.17 bits per heavy atom. The normalized spacial score (nSPS) is 35.7. The van der Waals surface area contributed by atoms with Crippen molar-refractivity contribution in [3.8, 4) is 0 Å². The van der Waals surface area contributed by atoms with Gasteiger partial charge in [0.1, 0.15) is 6.04 Å². The third-order valence-corrected chi connectivity index (χ3v) is 5.67. The molecule has 0 spiro atoms. The van der Waals surface area contributed by atoms with Crippen LogP contribution >= 0.6 is 0 Å². The van der Waals surface area contributed by atoms with Crippen LogP contribution in [0.4, 0.5) is 0 Å². The second-order valence-corrected chi connectivity index (χ2v) is 7.63.